The fourth-order valence-electron chi connectivity index (χ4n) is 3.97. The van der Waals surface area contributed by atoms with E-state index in [0.717, 1.165) is 12.0 Å². The third kappa shape index (κ3) is 5.20. The maximum atomic E-state index is 13.4. The monoisotopic (exact) mass is 481 g/mol. The minimum Gasteiger partial charge on any atom is -0.466 e. The van der Waals surface area contributed by atoms with Crippen molar-refractivity contribution in [2.75, 3.05) is 33.3 Å². The Morgan fingerprint density at radius 1 is 1.21 bits per heavy atom. The van der Waals surface area contributed by atoms with E-state index in [-0.39, 0.29) is 30.2 Å². The standard InChI is InChI=1S/C25H27N3O5S/c1-3-32-25(31)18-11-7-13-28(15-18)20(29)16-27(2)24(30)22-21(17-9-5-4-6-10-17)26-23(34-22)19-12-8-14-33-19/h4-6,8-10,12,14,18H,3,7,11,13,15-16H2,1-2H3. The Morgan fingerprint density at radius 3 is 2.71 bits per heavy atom. The summed E-state index contributed by atoms with van der Waals surface area (Å²) in [6.07, 6.45) is 2.99. The minimum absolute atomic E-state index is 0.0867. The molecule has 1 aromatic carbocycles. The molecular formula is C25H27N3O5S. The second-order valence-corrected chi connectivity index (χ2v) is 9.13. The van der Waals surface area contributed by atoms with Crippen molar-refractivity contribution in [2.45, 2.75) is 19.8 Å². The molecule has 178 valence electrons. The average molecular weight is 482 g/mol. The number of amides is 2. The van der Waals surface area contributed by atoms with Crippen molar-refractivity contribution in [3.05, 3.63) is 53.6 Å². The molecule has 0 spiro atoms. The number of carbonyl (C=O) groups excluding carboxylic acids is 3. The quantitative estimate of drug-likeness (QED) is 0.475. The molecule has 1 unspecified atom stereocenters. The van der Waals surface area contributed by atoms with Crippen LogP contribution in [0.2, 0.25) is 0 Å². The molecule has 3 heterocycles. The molecule has 9 heteroatoms. The molecule has 34 heavy (non-hydrogen) atoms. The Kier molecular flexibility index (Phi) is 7.42. The van der Waals surface area contributed by atoms with Crippen molar-refractivity contribution in [1.29, 1.82) is 0 Å². The fraction of sp³-hybridized carbons (Fsp3) is 0.360. The van der Waals surface area contributed by atoms with Crippen LogP contribution in [0.3, 0.4) is 0 Å². The van der Waals surface area contributed by atoms with Crippen LogP contribution in [0.25, 0.3) is 22.0 Å². The zero-order valence-corrected chi connectivity index (χ0v) is 20.0. The van der Waals surface area contributed by atoms with E-state index in [0.29, 0.717) is 47.5 Å². The van der Waals surface area contributed by atoms with Crippen molar-refractivity contribution in [3.63, 3.8) is 0 Å². The lowest BCUT2D eigenvalue weighted by Gasteiger charge is -2.32. The molecule has 1 aliphatic rings. The van der Waals surface area contributed by atoms with E-state index < -0.39 is 0 Å². The number of piperidine rings is 1. The SMILES string of the molecule is CCOC(=O)C1CCCN(C(=O)CN(C)C(=O)c2sc(-c3ccco3)nc2-c2ccccc2)C1. The van der Waals surface area contributed by atoms with Crippen molar-refractivity contribution in [3.8, 4) is 22.0 Å². The largest absolute Gasteiger partial charge is 0.466 e. The van der Waals surface area contributed by atoms with Gasteiger partial charge in [-0.1, -0.05) is 30.3 Å². The number of likely N-dealkylation sites (tertiary alicyclic amines) is 1. The molecule has 1 aliphatic heterocycles. The van der Waals surface area contributed by atoms with Crippen molar-refractivity contribution in [2.24, 2.45) is 5.92 Å². The molecule has 3 aromatic rings. The summed E-state index contributed by atoms with van der Waals surface area (Å²) in [6, 6.07) is 13.0. The number of hydrogen-bond donors (Lipinski definition) is 0. The second kappa shape index (κ2) is 10.6. The van der Waals surface area contributed by atoms with Gasteiger partial charge in [0, 0.05) is 25.7 Å². The Morgan fingerprint density at radius 2 is 2.00 bits per heavy atom. The molecule has 4 rings (SSSR count). The number of likely N-dealkylation sites (N-methyl/N-ethyl adjacent to an activating group) is 1. The van der Waals surface area contributed by atoms with Gasteiger partial charge in [0.1, 0.15) is 4.88 Å². The Hall–Kier alpha value is -3.46. The molecule has 0 bridgehead atoms. The number of nitrogens with zero attached hydrogens (tertiary/aromatic N) is 3. The number of esters is 1. The van der Waals surface area contributed by atoms with Gasteiger partial charge in [0.15, 0.2) is 10.8 Å². The molecule has 1 saturated heterocycles. The number of rotatable bonds is 7. The maximum absolute atomic E-state index is 13.4. The summed E-state index contributed by atoms with van der Waals surface area (Å²) in [4.78, 5) is 46.7. The summed E-state index contributed by atoms with van der Waals surface area (Å²) in [5.74, 6) is -0.491. The van der Waals surface area contributed by atoms with E-state index in [4.69, 9.17) is 9.15 Å². The van der Waals surface area contributed by atoms with Crippen molar-refractivity contribution < 1.29 is 23.5 Å². The van der Waals surface area contributed by atoms with Crippen LogP contribution in [-0.4, -0.2) is 65.9 Å². The average Bonchev–Trinajstić information content (AvgIpc) is 3.54. The Labute approximate surface area is 202 Å². The number of benzene rings is 1. The smallest absolute Gasteiger partial charge is 0.310 e. The number of thiazole rings is 1. The van der Waals surface area contributed by atoms with Gasteiger partial charge >= 0.3 is 5.97 Å². The molecule has 8 nitrogen and oxygen atoms in total. The first kappa shape index (κ1) is 23.7. The van der Waals surface area contributed by atoms with Crippen LogP contribution in [-0.2, 0) is 14.3 Å². The molecule has 0 aliphatic carbocycles. The second-order valence-electron chi connectivity index (χ2n) is 8.13. The van der Waals surface area contributed by atoms with Crippen LogP contribution in [0.1, 0.15) is 29.4 Å². The molecule has 1 fully saturated rings. The van der Waals surface area contributed by atoms with Gasteiger partial charge in [0.25, 0.3) is 5.91 Å². The van der Waals surface area contributed by atoms with Crippen molar-refractivity contribution in [1.82, 2.24) is 14.8 Å². The summed E-state index contributed by atoms with van der Waals surface area (Å²) >= 11 is 1.24. The highest BCUT2D eigenvalue weighted by Crippen LogP contribution is 2.34. The highest BCUT2D eigenvalue weighted by atomic mass is 32.1. The van der Waals surface area contributed by atoms with Gasteiger partial charge in [0.05, 0.1) is 31.0 Å². The lowest BCUT2D eigenvalue weighted by atomic mass is 9.98. The molecule has 0 N–H and O–H groups in total. The normalized spacial score (nSPS) is 15.7. The summed E-state index contributed by atoms with van der Waals surface area (Å²) in [5.41, 5.74) is 1.37. The number of hydrogen-bond acceptors (Lipinski definition) is 7. The maximum Gasteiger partial charge on any atom is 0.310 e. The van der Waals surface area contributed by atoms with Gasteiger partial charge in [-0.2, -0.15) is 0 Å². The first-order valence-electron chi connectivity index (χ1n) is 11.3. The van der Waals surface area contributed by atoms with Crippen LogP contribution < -0.4 is 0 Å². The number of aromatic nitrogens is 1. The van der Waals surface area contributed by atoms with Gasteiger partial charge in [0.2, 0.25) is 5.91 Å². The van der Waals surface area contributed by atoms with E-state index in [9.17, 15) is 14.4 Å². The molecule has 2 amide bonds. The molecule has 1 atom stereocenters. The first-order chi connectivity index (χ1) is 16.5. The van der Waals surface area contributed by atoms with Crippen LogP contribution >= 0.6 is 11.3 Å². The lowest BCUT2D eigenvalue weighted by molar-refractivity contribution is -0.151. The van der Waals surface area contributed by atoms with E-state index in [1.54, 1.807) is 37.3 Å². The van der Waals surface area contributed by atoms with Gasteiger partial charge in [-0.15, -0.1) is 11.3 Å². The zero-order valence-electron chi connectivity index (χ0n) is 19.2. The summed E-state index contributed by atoms with van der Waals surface area (Å²) in [7, 11) is 1.61. The first-order valence-corrected chi connectivity index (χ1v) is 12.1. The highest BCUT2D eigenvalue weighted by Gasteiger charge is 2.31. The number of ether oxygens (including phenoxy) is 1. The molecule has 0 radical (unpaired) electrons. The topological polar surface area (TPSA) is 93.0 Å². The Bertz CT molecular complexity index is 1140. The van der Waals surface area contributed by atoms with Gasteiger partial charge in [-0.05, 0) is 31.9 Å². The van der Waals surface area contributed by atoms with Crippen molar-refractivity contribution >= 4 is 29.1 Å². The number of furan rings is 1. The molecule has 0 saturated carbocycles. The fourth-order valence-corrected chi connectivity index (χ4v) is 5.02. The van der Waals surface area contributed by atoms with Gasteiger partial charge in [-0.3, -0.25) is 14.4 Å². The van der Waals surface area contributed by atoms with Crippen LogP contribution in [0.4, 0.5) is 0 Å². The van der Waals surface area contributed by atoms with E-state index in [2.05, 4.69) is 4.98 Å². The van der Waals surface area contributed by atoms with Gasteiger partial charge in [-0.25, -0.2) is 4.98 Å². The lowest BCUT2D eigenvalue weighted by Crippen LogP contribution is -2.47. The highest BCUT2D eigenvalue weighted by molar-refractivity contribution is 7.17. The van der Waals surface area contributed by atoms with E-state index in [1.807, 2.05) is 30.3 Å². The predicted octanol–water partition coefficient (Wildman–Crippen LogP) is 3.94. The third-order valence-electron chi connectivity index (χ3n) is 5.71. The number of carbonyl (C=O) groups is 3. The summed E-state index contributed by atoms with van der Waals surface area (Å²) < 4.78 is 10.6. The Balaban J connectivity index is 1.51. The third-order valence-corrected chi connectivity index (χ3v) is 6.77. The summed E-state index contributed by atoms with van der Waals surface area (Å²) in [5, 5.41) is 0.597. The summed E-state index contributed by atoms with van der Waals surface area (Å²) in [6.45, 7) is 2.88. The van der Waals surface area contributed by atoms with E-state index in [1.165, 1.54) is 16.2 Å². The molecular weight excluding hydrogens is 454 g/mol. The minimum atomic E-state index is -0.319. The predicted molar refractivity (Wildman–Crippen MR) is 128 cm³/mol. The van der Waals surface area contributed by atoms with Gasteiger partial charge < -0.3 is 19.0 Å². The van der Waals surface area contributed by atoms with Crippen LogP contribution in [0.15, 0.2) is 53.1 Å². The van der Waals surface area contributed by atoms with E-state index >= 15 is 0 Å². The van der Waals surface area contributed by atoms with Crippen LogP contribution in [0.5, 0.6) is 0 Å². The molecule has 2 aromatic heterocycles. The zero-order chi connectivity index (χ0) is 24.1. The van der Waals surface area contributed by atoms with Crippen LogP contribution in [0, 0.1) is 5.92 Å².